The van der Waals surface area contributed by atoms with Crippen LogP contribution >= 0.6 is 11.6 Å². The van der Waals surface area contributed by atoms with E-state index in [0.29, 0.717) is 31.3 Å². The van der Waals surface area contributed by atoms with Crippen molar-refractivity contribution in [2.45, 2.75) is 6.42 Å². The Morgan fingerprint density at radius 3 is 3.00 bits per heavy atom. The second kappa shape index (κ2) is 6.21. The minimum absolute atomic E-state index is 0.0192. The second-order valence-electron chi connectivity index (χ2n) is 4.59. The van der Waals surface area contributed by atoms with Crippen LogP contribution in [0.1, 0.15) is 6.42 Å². The van der Waals surface area contributed by atoms with E-state index in [1.54, 1.807) is 4.90 Å². The Hall–Kier alpha value is -1.33. The summed E-state index contributed by atoms with van der Waals surface area (Å²) in [5.41, 5.74) is 5.57. The van der Waals surface area contributed by atoms with E-state index in [0.717, 1.165) is 6.42 Å². The van der Waals surface area contributed by atoms with E-state index in [2.05, 4.69) is 0 Å². The molecule has 1 aliphatic heterocycles. The number of hydrogen-bond acceptors (Lipinski definition) is 3. The zero-order chi connectivity index (χ0) is 13.8. The summed E-state index contributed by atoms with van der Waals surface area (Å²) < 4.78 is 18.3. The van der Waals surface area contributed by atoms with Gasteiger partial charge in [0.25, 0.3) is 5.91 Å². The van der Waals surface area contributed by atoms with Crippen molar-refractivity contribution in [3.8, 4) is 5.75 Å². The Balaban J connectivity index is 1.85. The molecule has 4 nitrogen and oxygen atoms in total. The van der Waals surface area contributed by atoms with Gasteiger partial charge in [-0.1, -0.05) is 11.6 Å². The van der Waals surface area contributed by atoms with E-state index < -0.39 is 5.82 Å². The van der Waals surface area contributed by atoms with Gasteiger partial charge in [-0.25, -0.2) is 4.39 Å². The minimum Gasteiger partial charge on any atom is -0.484 e. The van der Waals surface area contributed by atoms with Crippen molar-refractivity contribution in [3.05, 3.63) is 29.0 Å². The summed E-state index contributed by atoms with van der Waals surface area (Å²) in [6, 6.07) is 4.01. The van der Waals surface area contributed by atoms with Crippen LogP contribution in [0, 0.1) is 11.7 Å². The molecule has 1 fully saturated rings. The lowest BCUT2D eigenvalue weighted by Crippen LogP contribution is -2.33. The van der Waals surface area contributed by atoms with Gasteiger partial charge in [-0.15, -0.1) is 0 Å². The Bertz CT molecular complexity index is 470. The normalized spacial score (nSPS) is 18.7. The number of nitrogens with two attached hydrogens (primary N) is 1. The highest BCUT2D eigenvalue weighted by Gasteiger charge is 2.25. The van der Waals surface area contributed by atoms with Crippen molar-refractivity contribution in [1.82, 2.24) is 4.90 Å². The zero-order valence-electron chi connectivity index (χ0n) is 10.4. The molecule has 1 heterocycles. The number of nitrogens with zero attached hydrogens (tertiary/aromatic N) is 1. The SMILES string of the molecule is NCC1CCN(C(=O)COc2ccc(F)c(Cl)c2)C1. The molecule has 1 aliphatic rings. The molecule has 1 unspecified atom stereocenters. The molecule has 1 amide bonds. The Labute approximate surface area is 116 Å². The Kier molecular flexibility index (Phi) is 4.61. The second-order valence-corrected chi connectivity index (χ2v) is 5.00. The molecule has 1 aromatic carbocycles. The van der Waals surface area contributed by atoms with Crippen LogP contribution in [-0.2, 0) is 4.79 Å². The van der Waals surface area contributed by atoms with Crippen molar-refractivity contribution in [1.29, 1.82) is 0 Å². The third-order valence-corrected chi connectivity index (χ3v) is 3.51. The number of carbonyl (C=O) groups is 1. The van der Waals surface area contributed by atoms with Gasteiger partial charge < -0.3 is 15.4 Å². The standard InChI is InChI=1S/C13H16ClFN2O2/c14-11-5-10(1-2-12(11)15)19-8-13(18)17-4-3-9(6-16)7-17/h1-2,5,9H,3-4,6-8,16H2. The van der Waals surface area contributed by atoms with Crippen LogP contribution in [0.2, 0.25) is 5.02 Å². The average molecular weight is 287 g/mol. The van der Waals surface area contributed by atoms with Crippen LogP contribution in [0.4, 0.5) is 4.39 Å². The topological polar surface area (TPSA) is 55.6 Å². The fourth-order valence-electron chi connectivity index (χ4n) is 2.05. The predicted octanol–water partition coefficient (Wildman–Crippen LogP) is 1.67. The summed E-state index contributed by atoms with van der Waals surface area (Å²) in [6.45, 7) is 1.93. The first-order valence-electron chi connectivity index (χ1n) is 6.16. The fourth-order valence-corrected chi connectivity index (χ4v) is 2.23. The molecule has 0 radical (unpaired) electrons. The van der Waals surface area contributed by atoms with Crippen molar-refractivity contribution >= 4 is 17.5 Å². The van der Waals surface area contributed by atoms with Crippen molar-refractivity contribution in [2.75, 3.05) is 26.2 Å². The van der Waals surface area contributed by atoms with Gasteiger partial charge in [-0.3, -0.25) is 4.79 Å². The molecule has 0 aliphatic carbocycles. The first-order valence-corrected chi connectivity index (χ1v) is 6.53. The summed E-state index contributed by atoms with van der Waals surface area (Å²) in [7, 11) is 0. The molecule has 1 aromatic rings. The summed E-state index contributed by atoms with van der Waals surface area (Å²) in [6.07, 6.45) is 0.935. The molecule has 0 spiro atoms. The summed E-state index contributed by atoms with van der Waals surface area (Å²) >= 11 is 5.63. The maximum atomic E-state index is 13.0. The van der Waals surface area contributed by atoms with E-state index in [1.807, 2.05) is 0 Å². The number of rotatable bonds is 4. The number of benzene rings is 1. The summed E-state index contributed by atoms with van der Waals surface area (Å²) in [4.78, 5) is 13.6. The summed E-state index contributed by atoms with van der Waals surface area (Å²) in [5.74, 6) is 0.167. The van der Waals surface area contributed by atoms with Crippen LogP contribution in [0.5, 0.6) is 5.75 Å². The van der Waals surface area contributed by atoms with E-state index in [-0.39, 0.29) is 17.5 Å². The molecular weight excluding hydrogens is 271 g/mol. The van der Waals surface area contributed by atoms with E-state index >= 15 is 0 Å². The van der Waals surface area contributed by atoms with Gasteiger partial charge >= 0.3 is 0 Å². The van der Waals surface area contributed by atoms with Crippen molar-refractivity contribution < 1.29 is 13.9 Å². The molecule has 104 valence electrons. The number of carbonyl (C=O) groups excluding carboxylic acids is 1. The van der Waals surface area contributed by atoms with E-state index in [4.69, 9.17) is 22.1 Å². The molecule has 1 atom stereocenters. The maximum absolute atomic E-state index is 13.0. The van der Waals surface area contributed by atoms with Crippen LogP contribution < -0.4 is 10.5 Å². The molecule has 0 saturated carbocycles. The number of amides is 1. The lowest BCUT2D eigenvalue weighted by molar-refractivity contribution is -0.132. The Morgan fingerprint density at radius 1 is 1.58 bits per heavy atom. The lowest BCUT2D eigenvalue weighted by atomic mass is 10.1. The third kappa shape index (κ3) is 3.58. The quantitative estimate of drug-likeness (QED) is 0.916. The van der Waals surface area contributed by atoms with E-state index in [9.17, 15) is 9.18 Å². The largest absolute Gasteiger partial charge is 0.484 e. The van der Waals surface area contributed by atoms with Gasteiger partial charge in [0.05, 0.1) is 5.02 Å². The monoisotopic (exact) mass is 286 g/mol. The van der Waals surface area contributed by atoms with Gasteiger partial charge in [0.1, 0.15) is 11.6 Å². The fraction of sp³-hybridized carbons (Fsp3) is 0.462. The summed E-state index contributed by atoms with van der Waals surface area (Å²) in [5, 5.41) is -0.0192. The molecule has 2 N–H and O–H groups in total. The molecule has 0 bridgehead atoms. The van der Waals surface area contributed by atoms with Crippen molar-refractivity contribution in [3.63, 3.8) is 0 Å². The molecule has 1 saturated heterocycles. The van der Waals surface area contributed by atoms with E-state index in [1.165, 1.54) is 18.2 Å². The number of ether oxygens (including phenoxy) is 1. The van der Waals surface area contributed by atoms with Crippen LogP contribution in [0.25, 0.3) is 0 Å². The first-order chi connectivity index (χ1) is 9.10. The molecule has 6 heteroatoms. The highest BCUT2D eigenvalue weighted by Crippen LogP contribution is 2.21. The average Bonchev–Trinajstić information content (AvgIpc) is 2.88. The first kappa shape index (κ1) is 14.1. The number of likely N-dealkylation sites (tertiary alicyclic amines) is 1. The van der Waals surface area contributed by atoms with Gasteiger partial charge in [-0.05, 0) is 31.0 Å². The lowest BCUT2D eigenvalue weighted by Gasteiger charge is -2.16. The van der Waals surface area contributed by atoms with Gasteiger partial charge in [0.2, 0.25) is 0 Å². The highest BCUT2D eigenvalue weighted by molar-refractivity contribution is 6.30. The number of halogens is 2. The highest BCUT2D eigenvalue weighted by atomic mass is 35.5. The zero-order valence-corrected chi connectivity index (χ0v) is 11.2. The maximum Gasteiger partial charge on any atom is 0.260 e. The van der Waals surface area contributed by atoms with Gasteiger partial charge in [0.15, 0.2) is 6.61 Å². The molecule has 19 heavy (non-hydrogen) atoms. The van der Waals surface area contributed by atoms with Gasteiger partial charge in [-0.2, -0.15) is 0 Å². The minimum atomic E-state index is -0.509. The molecular formula is C13H16ClFN2O2. The van der Waals surface area contributed by atoms with Crippen LogP contribution in [-0.4, -0.2) is 37.0 Å². The smallest absolute Gasteiger partial charge is 0.260 e. The number of hydrogen-bond donors (Lipinski definition) is 1. The Morgan fingerprint density at radius 2 is 2.37 bits per heavy atom. The molecule has 2 rings (SSSR count). The van der Waals surface area contributed by atoms with Crippen LogP contribution in [0.15, 0.2) is 18.2 Å². The molecule has 0 aromatic heterocycles. The van der Waals surface area contributed by atoms with Crippen LogP contribution in [0.3, 0.4) is 0 Å². The van der Waals surface area contributed by atoms with Crippen molar-refractivity contribution in [2.24, 2.45) is 11.7 Å². The predicted molar refractivity (Wildman–Crippen MR) is 70.6 cm³/mol. The third-order valence-electron chi connectivity index (χ3n) is 3.23. The van der Waals surface area contributed by atoms with Gasteiger partial charge in [0, 0.05) is 19.2 Å².